The van der Waals surface area contributed by atoms with Crippen molar-refractivity contribution in [3.8, 4) is 0 Å². The molecule has 0 bridgehead atoms. The number of aromatic nitrogens is 3. The first kappa shape index (κ1) is 14.2. The minimum atomic E-state index is 0.0433. The highest BCUT2D eigenvalue weighted by Crippen LogP contribution is 2.17. The molecule has 106 valence electrons. The average Bonchev–Trinajstić information content (AvgIpc) is 2.73. The maximum Gasteiger partial charge on any atom is 0.240 e. The Hall–Kier alpha value is -1.17. The lowest BCUT2D eigenvalue weighted by Crippen LogP contribution is -2.38. The number of carbonyl (C=O) groups is 1. The summed E-state index contributed by atoms with van der Waals surface area (Å²) in [6.07, 6.45) is 7.76. The van der Waals surface area contributed by atoms with Crippen molar-refractivity contribution in [1.82, 2.24) is 20.1 Å². The monoisotopic (exact) mass is 282 g/mol. The number of aromatic amines is 1. The van der Waals surface area contributed by atoms with Gasteiger partial charge >= 0.3 is 0 Å². The quantitative estimate of drug-likeness (QED) is 0.815. The van der Waals surface area contributed by atoms with Crippen molar-refractivity contribution in [3.05, 3.63) is 10.6 Å². The van der Waals surface area contributed by atoms with E-state index < -0.39 is 0 Å². The number of amides is 1. The van der Waals surface area contributed by atoms with E-state index in [2.05, 4.69) is 22.4 Å². The van der Waals surface area contributed by atoms with Gasteiger partial charge in [0.25, 0.3) is 0 Å². The molecule has 0 unspecified atom stereocenters. The third-order valence-corrected chi connectivity index (χ3v) is 3.89. The first-order valence-corrected chi connectivity index (χ1v) is 7.55. The average molecular weight is 282 g/mol. The van der Waals surface area contributed by atoms with Gasteiger partial charge in [0.15, 0.2) is 4.77 Å². The molecule has 1 saturated carbocycles. The van der Waals surface area contributed by atoms with Gasteiger partial charge in [-0.1, -0.05) is 26.2 Å². The van der Waals surface area contributed by atoms with Crippen LogP contribution in [0.1, 0.15) is 51.3 Å². The molecule has 1 aliphatic carbocycles. The molecule has 1 fully saturated rings. The summed E-state index contributed by atoms with van der Waals surface area (Å²) in [6.45, 7) is 2.37. The molecule has 19 heavy (non-hydrogen) atoms. The Morgan fingerprint density at radius 2 is 2.21 bits per heavy atom. The van der Waals surface area contributed by atoms with Crippen LogP contribution < -0.4 is 5.32 Å². The van der Waals surface area contributed by atoms with Crippen LogP contribution in [0.2, 0.25) is 0 Å². The molecule has 1 aromatic rings. The Kier molecular flexibility index (Phi) is 5.13. The van der Waals surface area contributed by atoms with Gasteiger partial charge < -0.3 is 5.32 Å². The molecule has 1 aromatic heterocycles. The van der Waals surface area contributed by atoms with Crippen LogP contribution in [0.3, 0.4) is 0 Å². The Bertz CT molecular complexity index is 473. The molecule has 6 heteroatoms. The molecule has 0 spiro atoms. The predicted molar refractivity (Wildman–Crippen MR) is 76.4 cm³/mol. The number of hydrogen-bond donors (Lipinski definition) is 2. The van der Waals surface area contributed by atoms with Gasteiger partial charge in [-0.2, -0.15) is 5.10 Å². The van der Waals surface area contributed by atoms with E-state index >= 15 is 0 Å². The Morgan fingerprint density at radius 1 is 1.47 bits per heavy atom. The van der Waals surface area contributed by atoms with Crippen molar-refractivity contribution in [2.24, 2.45) is 0 Å². The van der Waals surface area contributed by atoms with Crippen molar-refractivity contribution in [3.63, 3.8) is 0 Å². The van der Waals surface area contributed by atoms with Crippen molar-refractivity contribution in [1.29, 1.82) is 0 Å². The Labute approximate surface area is 118 Å². The van der Waals surface area contributed by atoms with E-state index in [0.717, 1.165) is 31.5 Å². The lowest BCUT2D eigenvalue weighted by molar-refractivity contribution is -0.122. The largest absolute Gasteiger partial charge is 0.352 e. The molecule has 2 rings (SSSR count). The van der Waals surface area contributed by atoms with E-state index in [1.165, 1.54) is 19.3 Å². The minimum Gasteiger partial charge on any atom is -0.352 e. The van der Waals surface area contributed by atoms with Crippen LogP contribution in [-0.4, -0.2) is 26.7 Å². The van der Waals surface area contributed by atoms with E-state index in [0.29, 0.717) is 10.8 Å². The summed E-state index contributed by atoms with van der Waals surface area (Å²) in [7, 11) is 0. The molecule has 0 radical (unpaired) electrons. The maximum atomic E-state index is 12.1. The Balaban J connectivity index is 1.94. The molecular weight excluding hydrogens is 260 g/mol. The predicted octanol–water partition coefficient (Wildman–Crippen LogP) is 2.34. The first-order chi connectivity index (χ1) is 9.20. The fourth-order valence-corrected chi connectivity index (χ4v) is 2.81. The van der Waals surface area contributed by atoms with Crippen molar-refractivity contribution >= 4 is 18.1 Å². The number of rotatable bonds is 5. The first-order valence-electron chi connectivity index (χ1n) is 7.14. The molecule has 1 aliphatic rings. The fraction of sp³-hybridized carbons (Fsp3) is 0.769. The molecule has 0 atom stereocenters. The topological polar surface area (TPSA) is 62.7 Å². The number of carbonyl (C=O) groups excluding carboxylic acids is 1. The van der Waals surface area contributed by atoms with Crippen LogP contribution in [0.4, 0.5) is 0 Å². The lowest BCUT2D eigenvalue weighted by Gasteiger charge is -2.22. The zero-order chi connectivity index (χ0) is 13.7. The SMILES string of the molecule is CCCc1n[nH]c(=S)n1CC(=O)NC1CCCCC1. The zero-order valence-electron chi connectivity index (χ0n) is 11.4. The van der Waals surface area contributed by atoms with Gasteiger partial charge in [-0.3, -0.25) is 14.5 Å². The van der Waals surface area contributed by atoms with Crippen LogP contribution in [0.25, 0.3) is 0 Å². The van der Waals surface area contributed by atoms with Crippen LogP contribution in [0.5, 0.6) is 0 Å². The van der Waals surface area contributed by atoms with Gasteiger partial charge in [-0.25, -0.2) is 0 Å². The number of nitrogens with zero attached hydrogens (tertiary/aromatic N) is 2. The molecule has 1 amide bonds. The summed E-state index contributed by atoms with van der Waals surface area (Å²) in [5.41, 5.74) is 0. The van der Waals surface area contributed by atoms with E-state index in [4.69, 9.17) is 12.2 Å². The number of aryl methyl sites for hydroxylation is 1. The molecule has 0 aromatic carbocycles. The third-order valence-electron chi connectivity index (χ3n) is 3.58. The van der Waals surface area contributed by atoms with Crippen molar-refractivity contribution in [2.75, 3.05) is 0 Å². The Morgan fingerprint density at radius 3 is 2.89 bits per heavy atom. The molecule has 5 nitrogen and oxygen atoms in total. The molecular formula is C13H22N4OS. The van der Waals surface area contributed by atoms with E-state index in [1.807, 2.05) is 0 Å². The van der Waals surface area contributed by atoms with Gasteiger partial charge in [0, 0.05) is 12.5 Å². The summed E-state index contributed by atoms with van der Waals surface area (Å²) < 4.78 is 2.33. The summed E-state index contributed by atoms with van der Waals surface area (Å²) in [5, 5.41) is 10.0. The summed E-state index contributed by atoms with van der Waals surface area (Å²) >= 11 is 5.17. The second-order valence-electron chi connectivity index (χ2n) is 5.18. The molecule has 2 N–H and O–H groups in total. The second-order valence-corrected chi connectivity index (χ2v) is 5.57. The summed E-state index contributed by atoms with van der Waals surface area (Å²) in [5.74, 6) is 0.910. The fourth-order valence-electron chi connectivity index (χ4n) is 2.59. The number of nitrogens with one attached hydrogen (secondary N) is 2. The van der Waals surface area contributed by atoms with Crippen molar-refractivity contribution < 1.29 is 4.79 Å². The van der Waals surface area contributed by atoms with Gasteiger partial charge in [0.05, 0.1) is 0 Å². The molecule has 1 heterocycles. The minimum absolute atomic E-state index is 0.0433. The molecule has 0 aliphatic heterocycles. The van der Waals surface area contributed by atoms with Crippen LogP contribution >= 0.6 is 12.2 Å². The van der Waals surface area contributed by atoms with Gasteiger partial charge in [-0.05, 0) is 31.5 Å². The van der Waals surface area contributed by atoms with Crippen molar-refractivity contribution in [2.45, 2.75) is 64.5 Å². The highest BCUT2D eigenvalue weighted by Gasteiger charge is 2.17. The summed E-state index contributed by atoms with van der Waals surface area (Å²) in [4.78, 5) is 12.1. The lowest BCUT2D eigenvalue weighted by atomic mass is 9.95. The smallest absolute Gasteiger partial charge is 0.240 e. The van der Waals surface area contributed by atoms with Gasteiger partial charge in [-0.15, -0.1) is 0 Å². The third kappa shape index (κ3) is 3.89. The normalized spacial score (nSPS) is 16.5. The van der Waals surface area contributed by atoms with Crippen LogP contribution in [0, 0.1) is 4.77 Å². The molecule has 0 saturated heterocycles. The van der Waals surface area contributed by atoms with Crippen LogP contribution in [0.15, 0.2) is 0 Å². The van der Waals surface area contributed by atoms with E-state index in [9.17, 15) is 4.79 Å². The number of hydrogen-bond acceptors (Lipinski definition) is 3. The maximum absolute atomic E-state index is 12.1. The van der Waals surface area contributed by atoms with Crippen LogP contribution in [-0.2, 0) is 17.8 Å². The summed E-state index contributed by atoms with van der Waals surface area (Å²) in [6, 6.07) is 0.344. The standard InChI is InChI=1S/C13H22N4OS/c1-2-6-11-15-16-13(19)17(11)9-12(18)14-10-7-4-3-5-8-10/h10H,2-9H2,1H3,(H,14,18)(H,16,19). The zero-order valence-corrected chi connectivity index (χ0v) is 12.3. The van der Waals surface area contributed by atoms with Gasteiger partial charge in [0.2, 0.25) is 5.91 Å². The van der Waals surface area contributed by atoms with E-state index in [1.54, 1.807) is 4.57 Å². The van der Waals surface area contributed by atoms with E-state index in [-0.39, 0.29) is 12.5 Å². The van der Waals surface area contributed by atoms with Gasteiger partial charge in [0.1, 0.15) is 12.4 Å². The highest BCUT2D eigenvalue weighted by molar-refractivity contribution is 7.71. The highest BCUT2D eigenvalue weighted by atomic mass is 32.1. The number of H-pyrrole nitrogens is 1. The second kappa shape index (κ2) is 6.84.